The zero-order chi connectivity index (χ0) is 48.1. The van der Waals surface area contributed by atoms with Gasteiger partial charge in [-0.1, -0.05) is 56.1 Å². The molecule has 0 saturated carbocycles. The Morgan fingerprint density at radius 2 is 0.712 bits per heavy atom. The van der Waals surface area contributed by atoms with Crippen molar-refractivity contribution in [3.8, 4) is 17.2 Å². The van der Waals surface area contributed by atoms with Gasteiger partial charge in [0.1, 0.15) is 17.2 Å². The molecule has 3 aromatic carbocycles. The monoisotopic (exact) mass is 914 g/mol. The molecular formula is C51H62O15. The van der Waals surface area contributed by atoms with Crippen LogP contribution in [0.2, 0.25) is 0 Å². The predicted octanol–water partition coefficient (Wildman–Crippen LogP) is 8.81. The Balaban J connectivity index is 1.37. The Kier molecular flexibility index (Phi) is 24.5. The lowest BCUT2D eigenvalue weighted by molar-refractivity contribution is -0.191. The molecule has 0 aromatic heterocycles. The number of carbonyl (C=O) groups excluding carboxylic acids is 6. The fraction of sp³-hybridized carbons (Fsp3) is 0.412. The zero-order valence-electron chi connectivity index (χ0n) is 38.3. The second-order valence-corrected chi connectivity index (χ2v) is 14.9. The van der Waals surface area contributed by atoms with Crippen molar-refractivity contribution in [3.05, 3.63) is 109 Å². The molecule has 0 heterocycles. The first-order valence-corrected chi connectivity index (χ1v) is 21.9. The summed E-state index contributed by atoms with van der Waals surface area (Å²) >= 11 is 0. The zero-order valence-corrected chi connectivity index (χ0v) is 38.3. The maximum atomic E-state index is 12.8. The van der Waals surface area contributed by atoms with E-state index in [1.807, 2.05) is 0 Å². The van der Waals surface area contributed by atoms with Gasteiger partial charge in [-0.05, 0) is 111 Å². The Hall–Kier alpha value is -6.90. The maximum absolute atomic E-state index is 12.8. The van der Waals surface area contributed by atoms with Crippen LogP contribution in [0.1, 0.15) is 100 Å². The van der Waals surface area contributed by atoms with Crippen LogP contribution in [-0.2, 0) is 57.2 Å². The van der Waals surface area contributed by atoms with E-state index in [4.69, 9.17) is 42.6 Å². The molecule has 3 rings (SSSR count). The summed E-state index contributed by atoms with van der Waals surface area (Å²) in [5, 5.41) is 0. The highest BCUT2D eigenvalue weighted by molar-refractivity contribution is 6.16. The molecule has 0 aliphatic heterocycles. The lowest BCUT2D eigenvalue weighted by Gasteiger charge is -2.18. The first-order chi connectivity index (χ1) is 31.8. The molecule has 0 spiro atoms. The van der Waals surface area contributed by atoms with Crippen molar-refractivity contribution in [3.63, 3.8) is 0 Å². The van der Waals surface area contributed by atoms with E-state index in [0.29, 0.717) is 112 Å². The molecule has 0 bridgehead atoms. The number of hydrogen-bond acceptors (Lipinski definition) is 15. The number of rotatable bonds is 32. The minimum atomic E-state index is -1.23. The molecule has 356 valence electrons. The molecule has 15 nitrogen and oxygen atoms in total. The first-order valence-electron chi connectivity index (χ1n) is 21.9. The van der Waals surface area contributed by atoms with Crippen LogP contribution >= 0.6 is 0 Å². The molecule has 0 aliphatic carbocycles. The standard InChI is InChI=1S/C51H62O15/c1-36(49(55)58-4)39-19-25-42(26-20-39)61-32-13-7-10-16-45(52)64-35-31-48(65-46(53)17-11-8-14-33-62-43-27-21-40(22-28-43)37(2)50(56)59-5)66-47(54)18-12-9-15-34-63-44-29-23-41(24-30-44)38(3)51(57)60-6/h19-30,48H,1-3,7-18,31-35H2,4-6H3. The number of carbonyl (C=O) groups is 6. The average Bonchev–Trinajstić information content (AvgIpc) is 3.33. The van der Waals surface area contributed by atoms with Gasteiger partial charge < -0.3 is 42.6 Å². The van der Waals surface area contributed by atoms with E-state index in [2.05, 4.69) is 19.7 Å². The SMILES string of the molecule is C=C(C(=O)OC)c1ccc(OCCCCCC(=O)OCCC(OC(=O)CCCCCOc2ccc(C(=C)C(=O)OC)cc2)OC(=O)CCCCCOc2ccc(C(=C)C(=O)OC)cc2)cc1. The van der Waals surface area contributed by atoms with Gasteiger partial charge in [0.2, 0.25) is 0 Å². The van der Waals surface area contributed by atoms with E-state index < -0.39 is 42.1 Å². The summed E-state index contributed by atoms with van der Waals surface area (Å²) in [7, 11) is 3.89. The molecular weight excluding hydrogens is 853 g/mol. The van der Waals surface area contributed by atoms with E-state index in [9.17, 15) is 28.8 Å². The number of esters is 6. The lowest BCUT2D eigenvalue weighted by atomic mass is 10.1. The van der Waals surface area contributed by atoms with Crippen molar-refractivity contribution < 1.29 is 71.4 Å². The highest BCUT2D eigenvalue weighted by Crippen LogP contribution is 2.22. The van der Waals surface area contributed by atoms with Crippen LogP contribution in [0.3, 0.4) is 0 Å². The summed E-state index contributed by atoms with van der Waals surface area (Å²) in [6.07, 6.45) is 4.77. The summed E-state index contributed by atoms with van der Waals surface area (Å²) in [4.78, 5) is 73.2. The molecule has 15 heteroatoms. The lowest BCUT2D eigenvalue weighted by Crippen LogP contribution is -2.26. The van der Waals surface area contributed by atoms with Gasteiger partial charge in [0.25, 0.3) is 6.29 Å². The summed E-state index contributed by atoms with van der Waals surface area (Å²) in [5.74, 6) is -1.16. The summed E-state index contributed by atoms with van der Waals surface area (Å²) in [6, 6.07) is 20.8. The molecule has 66 heavy (non-hydrogen) atoms. The largest absolute Gasteiger partial charge is 0.494 e. The van der Waals surface area contributed by atoms with E-state index in [-0.39, 0.29) is 49.0 Å². The van der Waals surface area contributed by atoms with Crippen molar-refractivity contribution in [2.45, 2.75) is 89.8 Å². The van der Waals surface area contributed by atoms with Crippen LogP contribution in [0, 0.1) is 0 Å². The molecule has 0 radical (unpaired) electrons. The highest BCUT2D eigenvalue weighted by atomic mass is 16.7. The Morgan fingerprint density at radius 1 is 0.409 bits per heavy atom. The van der Waals surface area contributed by atoms with Gasteiger partial charge in [-0.25, -0.2) is 14.4 Å². The number of benzene rings is 3. The number of unbranched alkanes of at least 4 members (excludes halogenated alkanes) is 6. The van der Waals surface area contributed by atoms with Gasteiger partial charge >= 0.3 is 35.8 Å². The van der Waals surface area contributed by atoms with Crippen molar-refractivity contribution in [2.75, 3.05) is 47.8 Å². The molecule has 0 saturated heterocycles. The Bertz CT molecular complexity index is 1960. The molecule has 0 N–H and O–H groups in total. The van der Waals surface area contributed by atoms with Gasteiger partial charge in [0.05, 0.1) is 70.9 Å². The van der Waals surface area contributed by atoms with E-state index in [1.165, 1.54) is 21.3 Å². The van der Waals surface area contributed by atoms with E-state index in [1.54, 1.807) is 72.8 Å². The van der Waals surface area contributed by atoms with Crippen molar-refractivity contribution in [2.24, 2.45) is 0 Å². The van der Waals surface area contributed by atoms with Crippen LogP contribution < -0.4 is 14.2 Å². The fourth-order valence-corrected chi connectivity index (χ4v) is 6.09. The molecule has 3 aromatic rings. The molecule has 0 aliphatic rings. The van der Waals surface area contributed by atoms with Crippen molar-refractivity contribution in [1.29, 1.82) is 0 Å². The van der Waals surface area contributed by atoms with Crippen LogP contribution in [0.25, 0.3) is 16.7 Å². The number of methoxy groups -OCH3 is 3. The Morgan fingerprint density at radius 3 is 1.02 bits per heavy atom. The normalized spacial score (nSPS) is 10.5. The van der Waals surface area contributed by atoms with Gasteiger partial charge in [-0.15, -0.1) is 0 Å². The third-order valence-corrected chi connectivity index (χ3v) is 9.93. The molecule has 0 atom stereocenters. The van der Waals surface area contributed by atoms with Crippen LogP contribution in [0.4, 0.5) is 0 Å². The maximum Gasteiger partial charge on any atom is 0.337 e. The minimum absolute atomic E-state index is 0.0258. The van der Waals surface area contributed by atoms with Crippen molar-refractivity contribution >= 4 is 52.5 Å². The Labute approximate surface area is 387 Å². The second-order valence-electron chi connectivity index (χ2n) is 14.9. The van der Waals surface area contributed by atoms with Gasteiger partial charge in [-0.3, -0.25) is 14.4 Å². The van der Waals surface area contributed by atoms with Crippen molar-refractivity contribution in [1.82, 2.24) is 0 Å². The second kappa shape index (κ2) is 30.3. The molecule has 0 unspecified atom stereocenters. The number of ether oxygens (including phenoxy) is 9. The van der Waals surface area contributed by atoms with E-state index in [0.717, 1.165) is 0 Å². The van der Waals surface area contributed by atoms with Crippen LogP contribution in [-0.4, -0.2) is 89.9 Å². The third kappa shape index (κ3) is 20.3. The molecule has 0 fully saturated rings. The molecule has 0 amide bonds. The third-order valence-electron chi connectivity index (χ3n) is 9.93. The predicted molar refractivity (Wildman–Crippen MR) is 246 cm³/mol. The summed E-state index contributed by atoms with van der Waals surface area (Å²) < 4.78 is 47.9. The van der Waals surface area contributed by atoms with Gasteiger partial charge in [0.15, 0.2) is 0 Å². The van der Waals surface area contributed by atoms with Gasteiger partial charge in [-0.2, -0.15) is 0 Å². The highest BCUT2D eigenvalue weighted by Gasteiger charge is 2.20. The summed E-state index contributed by atoms with van der Waals surface area (Å²) in [6.45, 7) is 12.3. The number of hydrogen-bond donors (Lipinski definition) is 0. The topological polar surface area (TPSA) is 185 Å². The van der Waals surface area contributed by atoms with Crippen LogP contribution in [0.5, 0.6) is 17.2 Å². The minimum Gasteiger partial charge on any atom is -0.494 e. The smallest absolute Gasteiger partial charge is 0.337 e. The summed E-state index contributed by atoms with van der Waals surface area (Å²) in [5.41, 5.74) is 2.64. The first kappa shape index (κ1) is 53.4. The van der Waals surface area contributed by atoms with Crippen LogP contribution in [0.15, 0.2) is 92.5 Å². The fourth-order valence-electron chi connectivity index (χ4n) is 6.09. The van der Waals surface area contributed by atoms with Gasteiger partial charge in [0, 0.05) is 19.3 Å². The van der Waals surface area contributed by atoms with E-state index >= 15 is 0 Å². The quantitative estimate of drug-likeness (QED) is 0.0190. The average molecular weight is 915 g/mol.